The van der Waals surface area contributed by atoms with Crippen LogP contribution >= 0.6 is 18.9 Å². The molecule has 0 radical (unpaired) electrons. The lowest BCUT2D eigenvalue weighted by Gasteiger charge is -2.28. The summed E-state index contributed by atoms with van der Waals surface area (Å²) in [5.74, 6) is 0. The monoisotopic (exact) mass is 336 g/mol. The van der Waals surface area contributed by atoms with Crippen molar-refractivity contribution in [1.82, 2.24) is 0 Å². The third-order valence-electron chi connectivity index (χ3n) is 3.94. The highest BCUT2D eigenvalue weighted by molar-refractivity contribution is 7.97. The van der Waals surface area contributed by atoms with Crippen LogP contribution in [0.3, 0.4) is 0 Å². The molecule has 0 fully saturated rings. The van der Waals surface area contributed by atoms with Crippen molar-refractivity contribution in [3.8, 4) is 6.07 Å². The van der Waals surface area contributed by atoms with E-state index in [1.54, 1.807) is 0 Å². The van der Waals surface area contributed by atoms with Crippen molar-refractivity contribution in [2.24, 2.45) is 0 Å². The first-order chi connectivity index (χ1) is 11.3. The van der Waals surface area contributed by atoms with E-state index in [0.717, 1.165) is 15.9 Å². The predicted molar refractivity (Wildman–Crippen MR) is 100 cm³/mol. The molecule has 0 bridgehead atoms. The molecule has 0 saturated heterocycles. The smallest absolute Gasteiger partial charge is 0.192 e. The molecule has 3 rings (SSSR count). The fourth-order valence-corrected chi connectivity index (χ4v) is 7.71. The Morgan fingerprint density at radius 3 is 1.22 bits per heavy atom. The number of hydrogen-bond donors (Lipinski definition) is 0. The van der Waals surface area contributed by atoms with Gasteiger partial charge in [-0.3, -0.25) is 0 Å². The molecular weight excluding hydrogens is 321 g/mol. The summed E-state index contributed by atoms with van der Waals surface area (Å²) in [5, 5.41) is 12.5. The van der Waals surface area contributed by atoms with Crippen molar-refractivity contribution in [1.29, 1.82) is 5.26 Å². The molecule has 0 heterocycles. The van der Waals surface area contributed by atoms with Gasteiger partial charge in [0, 0.05) is 0 Å². The molecule has 0 N–H and O–H groups in total. The third-order valence-corrected chi connectivity index (χ3v) is 9.05. The summed E-state index contributed by atoms with van der Waals surface area (Å²) in [7, 11) is -2.24. The van der Waals surface area contributed by atoms with Gasteiger partial charge in [0.05, 0.1) is 0 Å². The minimum atomic E-state index is -2.24. The lowest BCUT2D eigenvalue weighted by atomic mass is 10.4. The van der Waals surface area contributed by atoms with Crippen LogP contribution in [0.2, 0.25) is 0 Å². The van der Waals surface area contributed by atoms with Gasteiger partial charge in [0.1, 0.15) is 29.2 Å². The van der Waals surface area contributed by atoms with Gasteiger partial charge in [-0.1, -0.05) is 66.2 Å². The molecule has 1 nitrogen and oxygen atoms in total. The van der Waals surface area contributed by atoms with Crippen LogP contribution in [0.1, 0.15) is 0 Å². The molecule has 0 saturated carbocycles. The highest BCUT2D eigenvalue weighted by atomic mass is 35.5. The SMILES string of the molecule is N#CC(Cl)[P+](c1ccccc1)(c1ccccc1)c1ccccc1. The van der Waals surface area contributed by atoms with Gasteiger partial charge in [-0.15, -0.1) is 0 Å². The zero-order valence-corrected chi connectivity index (χ0v) is 14.2. The second-order valence-electron chi connectivity index (χ2n) is 5.19. The van der Waals surface area contributed by atoms with E-state index in [2.05, 4.69) is 42.5 Å². The maximum Gasteiger partial charge on any atom is 0.240 e. The minimum Gasteiger partial charge on any atom is -0.192 e. The lowest BCUT2D eigenvalue weighted by Crippen LogP contribution is -2.36. The molecule has 3 aromatic rings. The second-order valence-corrected chi connectivity index (χ2v) is 9.45. The van der Waals surface area contributed by atoms with E-state index in [1.165, 1.54) is 0 Å². The van der Waals surface area contributed by atoms with Gasteiger partial charge in [-0.2, -0.15) is 5.26 Å². The fourth-order valence-electron chi connectivity index (χ4n) is 2.92. The minimum absolute atomic E-state index is 0.616. The first-order valence-corrected chi connectivity index (χ1v) is 9.69. The largest absolute Gasteiger partial charge is 0.240 e. The van der Waals surface area contributed by atoms with Gasteiger partial charge < -0.3 is 0 Å². The number of benzene rings is 3. The molecule has 3 heteroatoms. The molecule has 3 aromatic carbocycles. The molecule has 1 atom stereocenters. The zero-order valence-electron chi connectivity index (χ0n) is 12.5. The van der Waals surface area contributed by atoms with Crippen LogP contribution in [0, 0.1) is 11.3 Å². The second kappa shape index (κ2) is 6.97. The fraction of sp³-hybridized carbons (Fsp3) is 0.0500. The predicted octanol–water partition coefficient (Wildman–Crippen LogP) is 4.07. The van der Waals surface area contributed by atoms with Crippen molar-refractivity contribution in [2.75, 3.05) is 0 Å². The first kappa shape index (κ1) is 15.8. The Morgan fingerprint density at radius 1 is 0.652 bits per heavy atom. The highest BCUT2D eigenvalue weighted by Crippen LogP contribution is 2.60. The van der Waals surface area contributed by atoms with Crippen LogP contribution in [0.25, 0.3) is 0 Å². The van der Waals surface area contributed by atoms with Crippen LogP contribution < -0.4 is 15.9 Å². The molecule has 112 valence electrons. The van der Waals surface area contributed by atoms with Gasteiger partial charge in [0.2, 0.25) is 5.12 Å². The topological polar surface area (TPSA) is 23.8 Å². The maximum absolute atomic E-state index is 9.70. The molecule has 23 heavy (non-hydrogen) atoms. The molecule has 0 aliphatic rings. The van der Waals surface area contributed by atoms with Crippen LogP contribution in [0.5, 0.6) is 0 Å². The van der Waals surface area contributed by atoms with Crippen LogP contribution in [-0.2, 0) is 0 Å². The maximum atomic E-state index is 9.70. The summed E-state index contributed by atoms with van der Waals surface area (Å²) >= 11 is 6.68. The number of rotatable bonds is 4. The highest BCUT2D eigenvalue weighted by Gasteiger charge is 2.52. The van der Waals surface area contributed by atoms with Gasteiger partial charge in [0.15, 0.2) is 0 Å². The molecular formula is C20H16ClNP+. The summed E-state index contributed by atoms with van der Waals surface area (Å²) in [4.78, 5) is 0. The van der Waals surface area contributed by atoms with Crippen molar-refractivity contribution < 1.29 is 0 Å². The Balaban J connectivity index is 2.38. The van der Waals surface area contributed by atoms with E-state index in [0.29, 0.717) is 0 Å². The number of hydrogen-bond acceptors (Lipinski definition) is 1. The van der Waals surface area contributed by atoms with Crippen LogP contribution in [-0.4, -0.2) is 5.12 Å². The number of nitrogens with zero attached hydrogens (tertiary/aromatic N) is 1. The lowest BCUT2D eigenvalue weighted by molar-refractivity contribution is 1.44. The van der Waals surface area contributed by atoms with Crippen LogP contribution in [0.4, 0.5) is 0 Å². The van der Waals surface area contributed by atoms with Gasteiger partial charge in [-0.25, -0.2) is 0 Å². The molecule has 0 aliphatic carbocycles. The zero-order chi connectivity index (χ0) is 16.1. The van der Waals surface area contributed by atoms with Crippen LogP contribution in [0.15, 0.2) is 91.0 Å². The van der Waals surface area contributed by atoms with E-state index < -0.39 is 12.4 Å². The molecule has 0 spiro atoms. The van der Waals surface area contributed by atoms with E-state index in [-0.39, 0.29) is 0 Å². The number of halogens is 1. The Labute approximate surface area is 142 Å². The summed E-state index contributed by atoms with van der Waals surface area (Å²) < 4.78 is 0. The Hall–Kier alpha value is -2.13. The Kier molecular flexibility index (Phi) is 4.77. The molecule has 1 unspecified atom stereocenters. The van der Waals surface area contributed by atoms with E-state index in [4.69, 9.17) is 11.6 Å². The Morgan fingerprint density at radius 2 is 0.957 bits per heavy atom. The average Bonchev–Trinajstić information content (AvgIpc) is 2.65. The average molecular weight is 337 g/mol. The molecule has 0 aromatic heterocycles. The van der Waals surface area contributed by atoms with Crippen molar-refractivity contribution in [2.45, 2.75) is 5.12 Å². The van der Waals surface area contributed by atoms with Gasteiger partial charge in [0.25, 0.3) is 0 Å². The summed E-state index contributed by atoms with van der Waals surface area (Å²) in [5.41, 5.74) is 0. The number of alkyl halides is 1. The summed E-state index contributed by atoms with van der Waals surface area (Å²) in [6.45, 7) is 0. The van der Waals surface area contributed by atoms with E-state index >= 15 is 0 Å². The van der Waals surface area contributed by atoms with Gasteiger partial charge >= 0.3 is 0 Å². The standard InChI is InChI=1S/C20H16ClNP/c21-20(16-22)23(17-10-4-1-5-11-17,18-12-6-2-7-13-18)19-14-8-3-9-15-19/h1-15,20H/q+1. The quantitative estimate of drug-likeness (QED) is 0.520. The molecule has 0 amide bonds. The van der Waals surface area contributed by atoms with Gasteiger partial charge in [-0.05, 0) is 36.4 Å². The van der Waals surface area contributed by atoms with Crippen molar-refractivity contribution >= 4 is 34.8 Å². The molecule has 0 aliphatic heterocycles. The summed E-state index contributed by atoms with van der Waals surface area (Å²) in [6, 6.07) is 32.9. The van der Waals surface area contributed by atoms with E-state index in [1.807, 2.05) is 54.6 Å². The Bertz CT molecular complexity index is 701. The summed E-state index contributed by atoms with van der Waals surface area (Å²) in [6.07, 6.45) is 0. The van der Waals surface area contributed by atoms with E-state index in [9.17, 15) is 5.26 Å². The number of nitriles is 1. The van der Waals surface area contributed by atoms with Crippen molar-refractivity contribution in [3.63, 3.8) is 0 Å². The normalized spacial score (nSPS) is 12.3. The third kappa shape index (κ3) is 2.77. The first-order valence-electron chi connectivity index (χ1n) is 7.39. The van der Waals surface area contributed by atoms with Crippen molar-refractivity contribution in [3.05, 3.63) is 91.0 Å².